The number of carbonyl (C=O) groups is 1. The first-order valence-electron chi connectivity index (χ1n) is 9.52. The summed E-state index contributed by atoms with van der Waals surface area (Å²) in [7, 11) is 0. The van der Waals surface area contributed by atoms with Crippen molar-refractivity contribution in [2.45, 2.75) is 19.3 Å². The third kappa shape index (κ3) is 4.33. The van der Waals surface area contributed by atoms with E-state index in [1.54, 1.807) is 12.1 Å². The zero-order valence-corrected chi connectivity index (χ0v) is 16.5. The second-order valence-electron chi connectivity index (χ2n) is 6.94. The average molecular weight is 406 g/mol. The monoisotopic (exact) mass is 405 g/mol. The molecule has 0 saturated carbocycles. The maximum absolute atomic E-state index is 11.3. The number of rotatable bonds is 6. The third-order valence-electron chi connectivity index (χ3n) is 4.95. The normalized spacial score (nSPS) is 13.2. The summed E-state index contributed by atoms with van der Waals surface area (Å²) in [6, 6.07) is 18.3. The fourth-order valence-electron chi connectivity index (χ4n) is 3.52. The second kappa shape index (κ2) is 8.50. The Morgan fingerprint density at radius 1 is 1.03 bits per heavy atom. The molecule has 1 N–H and O–H groups in total. The van der Waals surface area contributed by atoms with Crippen LogP contribution in [0.15, 0.2) is 72.3 Å². The minimum Gasteiger partial charge on any atom is -0.489 e. The van der Waals surface area contributed by atoms with E-state index in [1.165, 1.54) is 18.1 Å². The van der Waals surface area contributed by atoms with Crippen LogP contribution in [0.2, 0.25) is 5.02 Å². The fourth-order valence-corrected chi connectivity index (χ4v) is 3.69. The molecule has 146 valence electrons. The molecule has 0 fully saturated rings. The van der Waals surface area contributed by atoms with Gasteiger partial charge < -0.3 is 9.84 Å². The molecule has 4 nitrogen and oxygen atoms in total. The molecule has 1 heterocycles. The number of allylic oxidation sites excluding steroid dienone is 1. The first-order chi connectivity index (χ1) is 14.1. The van der Waals surface area contributed by atoms with E-state index in [0.717, 1.165) is 35.3 Å². The summed E-state index contributed by atoms with van der Waals surface area (Å²) in [5.74, 6) is -0.315. The molecule has 2 aromatic carbocycles. The van der Waals surface area contributed by atoms with Crippen molar-refractivity contribution in [2.75, 3.05) is 6.61 Å². The number of carboxylic acids is 1. The number of ether oxygens (including phenoxy) is 1. The van der Waals surface area contributed by atoms with Gasteiger partial charge in [0.1, 0.15) is 18.1 Å². The summed E-state index contributed by atoms with van der Waals surface area (Å²) >= 11 is 6.30. The van der Waals surface area contributed by atoms with Crippen LogP contribution in [0.25, 0.3) is 22.4 Å². The van der Waals surface area contributed by atoms with Crippen LogP contribution in [0.1, 0.15) is 29.8 Å². The number of aromatic carboxylic acids is 1. The van der Waals surface area contributed by atoms with Crippen molar-refractivity contribution in [3.8, 4) is 28.1 Å². The van der Waals surface area contributed by atoms with Gasteiger partial charge in [-0.25, -0.2) is 9.78 Å². The maximum atomic E-state index is 11.3. The van der Waals surface area contributed by atoms with Gasteiger partial charge in [0.05, 0.1) is 5.69 Å². The molecule has 29 heavy (non-hydrogen) atoms. The van der Waals surface area contributed by atoms with E-state index in [1.807, 2.05) is 42.5 Å². The number of nitrogens with zero attached hydrogens (tertiary/aromatic N) is 1. The number of aromatic nitrogens is 1. The van der Waals surface area contributed by atoms with Crippen LogP contribution in [0.3, 0.4) is 0 Å². The lowest BCUT2D eigenvalue weighted by atomic mass is 9.96. The summed E-state index contributed by atoms with van der Waals surface area (Å²) in [5.41, 5.74) is 4.48. The van der Waals surface area contributed by atoms with E-state index in [2.05, 4.69) is 11.1 Å². The van der Waals surface area contributed by atoms with Crippen molar-refractivity contribution in [1.29, 1.82) is 0 Å². The van der Waals surface area contributed by atoms with Gasteiger partial charge in [0.15, 0.2) is 0 Å². The van der Waals surface area contributed by atoms with Crippen LogP contribution in [0.4, 0.5) is 0 Å². The van der Waals surface area contributed by atoms with Crippen molar-refractivity contribution >= 4 is 17.6 Å². The minimum atomic E-state index is -1.05. The minimum absolute atomic E-state index is 0.00745. The molecule has 5 heteroatoms. The highest BCUT2D eigenvalue weighted by atomic mass is 35.5. The molecular formula is C24H20ClNO3. The summed E-state index contributed by atoms with van der Waals surface area (Å²) in [4.78, 5) is 15.7. The van der Waals surface area contributed by atoms with Crippen LogP contribution in [0.5, 0.6) is 5.75 Å². The van der Waals surface area contributed by atoms with Crippen molar-refractivity contribution in [2.24, 2.45) is 0 Å². The van der Waals surface area contributed by atoms with Crippen molar-refractivity contribution < 1.29 is 14.6 Å². The van der Waals surface area contributed by atoms with E-state index in [4.69, 9.17) is 16.3 Å². The topological polar surface area (TPSA) is 59.4 Å². The molecule has 0 saturated heterocycles. The number of hydrogen-bond acceptors (Lipinski definition) is 3. The predicted octanol–water partition coefficient (Wildman–Crippen LogP) is 6.26. The summed E-state index contributed by atoms with van der Waals surface area (Å²) in [6.07, 6.45) is 5.61. The highest BCUT2D eigenvalue weighted by Crippen LogP contribution is 2.38. The lowest BCUT2D eigenvalue weighted by Gasteiger charge is -2.16. The van der Waals surface area contributed by atoms with E-state index in [0.29, 0.717) is 17.3 Å². The lowest BCUT2D eigenvalue weighted by molar-refractivity contribution is 0.0690. The van der Waals surface area contributed by atoms with Crippen LogP contribution in [-0.2, 0) is 0 Å². The molecule has 1 aliphatic rings. The molecule has 4 rings (SSSR count). The van der Waals surface area contributed by atoms with Gasteiger partial charge in [-0.1, -0.05) is 48.0 Å². The Labute approximate surface area is 174 Å². The number of benzene rings is 2. The molecule has 0 unspecified atom stereocenters. The fraction of sp³-hybridized carbons (Fsp3) is 0.167. The SMILES string of the molecule is O=C(O)c1cccc(-c2ccccc2-c2cc(Cl)ccc2OCC2=CCCC2)n1. The molecule has 0 amide bonds. The highest BCUT2D eigenvalue weighted by Gasteiger charge is 2.16. The molecule has 1 aliphatic carbocycles. The average Bonchev–Trinajstić information content (AvgIpc) is 3.26. The summed E-state index contributed by atoms with van der Waals surface area (Å²) in [6.45, 7) is 0.559. The standard InChI is InChI=1S/C24H20ClNO3/c25-17-12-13-23(29-15-16-6-1-2-7-16)20(14-17)18-8-3-4-9-19(18)21-10-5-11-22(26-21)24(27)28/h3-6,8-14H,1-2,7,15H2,(H,27,28). The van der Waals surface area contributed by atoms with Gasteiger partial charge >= 0.3 is 5.97 Å². The summed E-state index contributed by atoms with van der Waals surface area (Å²) in [5, 5.41) is 9.90. The quantitative estimate of drug-likeness (QED) is 0.492. The lowest BCUT2D eigenvalue weighted by Crippen LogP contribution is -2.02. The van der Waals surface area contributed by atoms with Gasteiger partial charge in [0, 0.05) is 16.1 Å². The van der Waals surface area contributed by atoms with E-state index < -0.39 is 5.97 Å². The third-order valence-corrected chi connectivity index (χ3v) is 5.19. The largest absolute Gasteiger partial charge is 0.489 e. The Kier molecular flexibility index (Phi) is 5.63. The van der Waals surface area contributed by atoms with E-state index in [9.17, 15) is 9.90 Å². The molecule has 3 aromatic rings. The van der Waals surface area contributed by atoms with Gasteiger partial charge in [-0.3, -0.25) is 0 Å². The smallest absolute Gasteiger partial charge is 0.354 e. The van der Waals surface area contributed by atoms with Crippen molar-refractivity contribution in [1.82, 2.24) is 4.98 Å². The van der Waals surface area contributed by atoms with Gasteiger partial charge in [0.2, 0.25) is 0 Å². The van der Waals surface area contributed by atoms with E-state index >= 15 is 0 Å². The summed E-state index contributed by atoms with van der Waals surface area (Å²) < 4.78 is 6.14. The molecular weight excluding hydrogens is 386 g/mol. The number of carboxylic acid groups (broad SMARTS) is 1. The Balaban J connectivity index is 1.76. The second-order valence-corrected chi connectivity index (χ2v) is 7.38. The van der Waals surface area contributed by atoms with Gasteiger partial charge in [-0.2, -0.15) is 0 Å². The van der Waals surface area contributed by atoms with Gasteiger partial charge in [0.25, 0.3) is 0 Å². The maximum Gasteiger partial charge on any atom is 0.354 e. The number of hydrogen-bond donors (Lipinski definition) is 1. The number of halogens is 1. The van der Waals surface area contributed by atoms with Gasteiger partial charge in [-0.15, -0.1) is 0 Å². The molecule has 0 spiro atoms. The predicted molar refractivity (Wildman–Crippen MR) is 115 cm³/mol. The van der Waals surface area contributed by atoms with Crippen molar-refractivity contribution in [3.05, 3.63) is 83.0 Å². The van der Waals surface area contributed by atoms with Crippen molar-refractivity contribution in [3.63, 3.8) is 0 Å². The van der Waals surface area contributed by atoms with Crippen LogP contribution in [0, 0.1) is 0 Å². The van der Waals surface area contributed by atoms with E-state index in [-0.39, 0.29) is 5.69 Å². The Morgan fingerprint density at radius 3 is 2.62 bits per heavy atom. The zero-order valence-electron chi connectivity index (χ0n) is 15.8. The van der Waals surface area contributed by atoms with Crippen LogP contribution in [-0.4, -0.2) is 22.7 Å². The molecule has 0 aliphatic heterocycles. The highest BCUT2D eigenvalue weighted by molar-refractivity contribution is 6.31. The van der Waals surface area contributed by atoms with Crippen LogP contribution >= 0.6 is 11.6 Å². The zero-order chi connectivity index (χ0) is 20.2. The van der Waals surface area contributed by atoms with Crippen LogP contribution < -0.4 is 4.74 Å². The molecule has 0 atom stereocenters. The Hall–Kier alpha value is -3.11. The molecule has 0 radical (unpaired) electrons. The van der Waals surface area contributed by atoms with Gasteiger partial charge in [-0.05, 0) is 60.7 Å². The Bertz CT molecular complexity index is 1090. The molecule has 1 aromatic heterocycles. The molecule has 0 bridgehead atoms. The Morgan fingerprint density at radius 2 is 1.86 bits per heavy atom. The first-order valence-corrected chi connectivity index (χ1v) is 9.90. The first kappa shape index (κ1) is 19.2. The number of pyridine rings is 1.